The molecule has 0 spiro atoms. The van der Waals surface area contributed by atoms with Crippen LogP contribution in [0.3, 0.4) is 0 Å². The standard InChI is InChI=1S/C21H21NO2/c23-20-15-18(12-7-13-22-20)21(24)19(17-10-5-2-6-11-17)14-16-8-3-1-4-9-16/h1-6,8-11,14,18H,7,12-13,15H2,(H,22,23). The Morgan fingerprint density at radius 1 is 1.00 bits per heavy atom. The quantitative estimate of drug-likeness (QED) is 0.690. The van der Waals surface area contributed by atoms with Crippen molar-refractivity contribution < 1.29 is 9.59 Å². The van der Waals surface area contributed by atoms with Crippen LogP contribution < -0.4 is 5.32 Å². The third-order valence-corrected chi connectivity index (χ3v) is 4.31. The second kappa shape index (κ2) is 7.73. The highest BCUT2D eigenvalue weighted by Crippen LogP contribution is 2.27. The zero-order valence-corrected chi connectivity index (χ0v) is 13.6. The van der Waals surface area contributed by atoms with E-state index in [2.05, 4.69) is 5.32 Å². The molecule has 1 amide bonds. The third-order valence-electron chi connectivity index (χ3n) is 4.31. The molecule has 0 aromatic heterocycles. The Labute approximate surface area is 142 Å². The second-order valence-electron chi connectivity index (χ2n) is 6.09. The van der Waals surface area contributed by atoms with Crippen LogP contribution in [0, 0.1) is 5.92 Å². The van der Waals surface area contributed by atoms with Gasteiger partial charge in [0.1, 0.15) is 0 Å². The van der Waals surface area contributed by atoms with Crippen molar-refractivity contribution in [2.24, 2.45) is 5.92 Å². The number of carbonyl (C=O) groups excluding carboxylic acids is 2. The van der Waals surface area contributed by atoms with Crippen molar-refractivity contribution in [3.63, 3.8) is 0 Å². The Bertz CT molecular complexity index is 735. The van der Waals surface area contributed by atoms with E-state index in [9.17, 15) is 9.59 Å². The van der Waals surface area contributed by atoms with Gasteiger partial charge in [-0.2, -0.15) is 0 Å². The van der Waals surface area contributed by atoms with Crippen LogP contribution in [0.1, 0.15) is 30.4 Å². The van der Waals surface area contributed by atoms with Gasteiger partial charge in [-0.25, -0.2) is 0 Å². The first kappa shape index (κ1) is 16.2. The summed E-state index contributed by atoms with van der Waals surface area (Å²) >= 11 is 0. The van der Waals surface area contributed by atoms with Crippen LogP contribution >= 0.6 is 0 Å². The fourth-order valence-electron chi connectivity index (χ4n) is 3.05. The molecule has 1 aliphatic rings. The summed E-state index contributed by atoms with van der Waals surface area (Å²) < 4.78 is 0. The largest absolute Gasteiger partial charge is 0.356 e. The molecule has 1 N–H and O–H groups in total. The highest BCUT2D eigenvalue weighted by molar-refractivity contribution is 6.26. The van der Waals surface area contributed by atoms with Gasteiger partial charge in [0.15, 0.2) is 5.78 Å². The van der Waals surface area contributed by atoms with Crippen molar-refractivity contribution in [3.8, 4) is 0 Å². The number of hydrogen-bond donors (Lipinski definition) is 1. The lowest BCUT2D eigenvalue weighted by atomic mass is 9.87. The number of ketones is 1. The van der Waals surface area contributed by atoms with Crippen LogP contribution in [-0.2, 0) is 9.59 Å². The molecule has 0 aliphatic carbocycles. The van der Waals surface area contributed by atoms with Crippen molar-refractivity contribution >= 4 is 23.3 Å². The Kier molecular flexibility index (Phi) is 5.22. The van der Waals surface area contributed by atoms with Gasteiger partial charge in [0.25, 0.3) is 0 Å². The van der Waals surface area contributed by atoms with E-state index in [-0.39, 0.29) is 24.0 Å². The first-order valence-corrected chi connectivity index (χ1v) is 8.37. The second-order valence-corrected chi connectivity index (χ2v) is 6.09. The van der Waals surface area contributed by atoms with Crippen LogP contribution in [-0.4, -0.2) is 18.2 Å². The van der Waals surface area contributed by atoms with E-state index >= 15 is 0 Å². The topological polar surface area (TPSA) is 46.2 Å². The van der Waals surface area contributed by atoms with Crippen LogP contribution in [0.2, 0.25) is 0 Å². The van der Waals surface area contributed by atoms with Crippen LogP contribution in [0.5, 0.6) is 0 Å². The summed E-state index contributed by atoms with van der Waals surface area (Å²) in [6, 6.07) is 19.5. The third kappa shape index (κ3) is 3.99. The molecule has 1 saturated heterocycles. The number of Topliss-reactive ketones (excluding diaryl/α,β-unsaturated/α-hetero) is 1. The van der Waals surface area contributed by atoms with E-state index < -0.39 is 0 Å². The summed E-state index contributed by atoms with van der Waals surface area (Å²) in [5.41, 5.74) is 2.57. The SMILES string of the molecule is O=C1CC(C(=O)C(=Cc2ccccc2)c2ccccc2)CCCN1. The molecule has 1 aliphatic heterocycles. The van der Waals surface area contributed by atoms with Gasteiger partial charge in [-0.05, 0) is 30.0 Å². The Hall–Kier alpha value is -2.68. The normalized spacial score (nSPS) is 18.6. The summed E-state index contributed by atoms with van der Waals surface area (Å²) in [5.74, 6) is -0.220. The monoisotopic (exact) mass is 319 g/mol. The number of rotatable bonds is 4. The fourth-order valence-corrected chi connectivity index (χ4v) is 3.05. The summed E-state index contributed by atoms with van der Waals surface area (Å²) in [5, 5.41) is 2.85. The van der Waals surface area contributed by atoms with E-state index in [0.29, 0.717) is 12.1 Å². The van der Waals surface area contributed by atoms with E-state index in [0.717, 1.165) is 24.0 Å². The van der Waals surface area contributed by atoms with Crippen LogP contribution in [0.4, 0.5) is 0 Å². The average Bonchev–Trinajstić information content (AvgIpc) is 2.85. The highest BCUT2D eigenvalue weighted by atomic mass is 16.2. The minimum absolute atomic E-state index is 0.0297. The number of hydrogen-bond acceptors (Lipinski definition) is 2. The molecule has 122 valence electrons. The van der Waals surface area contributed by atoms with Gasteiger partial charge in [0, 0.05) is 24.5 Å². The number of amides is 1. The molecule has 2 aromatic rings. The summed E-state index contributed by atoms with van der Waals surface area (Å²) in [4.78, 5) is 25.0. The lowest BCUT2D eigenvalue weighted by Gasteiger charge is -2.15. The summed E-state index contributed by atoms with van der Waals surface area (Å²) in [7, 11) is 0. The number of carbonyl (C=O) groups is 2. The average molecular weight is 319 g/mol. The molecule has 1 atom stereocenters. The van der Waals surface area contributed by atoms with E-state index in [1.807, 2.05) is 66.7 Å². The molecule has 1 heterocycles. The number of benzene rings is 2. The maximum absolute atomic E-state index is 13.2. The molecule has 3 nitrogen and oxygen atoms in total. The zero-order valence-electron chi connectivity index (χ0n) is 13.6. The first-order valence-electron chi connectivity index (χ1n) is 8.37. The molecule has 2 aromatic carbocycles. The van der Waals surface area contributed by atoms with Crippen molar-refractivity contribution in [3.05, 3.63) is 71.8 Å². The Morgan fingerprint density at radius 2 is 1.67 bits per heavy atom. The summed E-state index contributed by atoms with van der Waals surface area (Å²) in [6.45, 7) is 0.658. The van der Waals surface area contributed by atoms with Crippen molar-refractivity contribution in [2.75, 3.05) is 6.54 Å². The van der Waals surface area contributed by atoms with Gasteiger partial charge >= 0.3 is 0 Å². The van der Waals surface area contributed by atoms with Gasteiger partial charge in [0.2, 0.25) is 5.91 Å². The number of allylic oxidation sites excluding steroid dienone is 1. The highest BCUT2D eigenvalue weighted by Gasteiger charge is 2.27. The fraction of sp³-hybridized carbons (Fsp3) is 0.238. The first-order chi connectivity index (χ1) is 11.7. The van der Waals surface area contributed by atoms with Crippen LogP contribution in [0.25, 0.3) is 11.6 Å². The molecule has 0 bridgehead atoms. The predicted molar refractivity (Wildman–Crippen MR) is 96.1 cm³/mol. The molecule has 3 rings (SSSR count). The molecule has 3 heteroatoms. The molecule has 24 heavy (non-hydrogen) atoms. The van der Waals surface area contributed by atoms with Crippen LogP contribution in [0.15, 0.2) is 60.7 Å². The van der Waals surface area contributed by atoms with Gasteiger partial charge in [-0.1, -0.05) is 60.7 Å². The minimum atomic E-state index is -0.248. The van der Waals surface area contributed by atoms with Gasteiger partial charge in [-0.15, -0.1) is 0 Å². The lowest BCUT2D eigenvalue weighted by molar-refractivity contribution is -0.125. The van der Waals surface area contributed by atoms with Gasteiger partial charge < -0.3 is 5.32 Å². The molecular weight excluding hydrogens is 298 g/mol. The smallest absolute Gasteiger partial charge is 0.220 e. The summed E-state index contributed by atoms with van der Waals surface area (Å²) in [6.07, 6.45) is 3.80. The maximum atomic E-state index is 13.2. The van der Waals surface area contributed by atoms with Gasteiger partial charge in [-0.3, -0.25) is 9.59 Å². The molecule has 0 saturated carbocycles. The minimum Gasteiger partial charge on any atom is -0.356 e. The molecule has 1 unspecified atom stereocenters. The Balaban J connectivity index is 1.96. The predicted octanol–water partition coefficient (Wildman–Crippen LogP) is 3.71. The van der Waals surface area contributed by atoms with E-state index in [4.69, 9.17) is 0 Å². The molecule has 1 fully saturated rings. The van der Waals surface area contributed by atoms with Crippen molar-refractivity contribution in [1.82, 2.24) is 5.32 Å². The number of nitrogens with one attached hydrogen (secondary N) is 1. The van der Waals surface area contributed by atoms with Crippen molar-refractivity contribution in [1.29, 1.82) is 0 Å². The van der Waals surface area contributed by atoms with E-state index in [1.54, 1.807) is 0 Å². The molecular formula is C21H21NO2. The zero-order chi connectivity index (χ0) is 16.8. The van der Waals surface area contributed by atoms with E-state index in [1.165, 1.54) is 0 Å². The lowest BCUT2D eigenvalue weighted by Crippen LogP contribution is -2.24. The molecule has 0 radical (unpaired) electrons. The Morgan fingerprint density at radius 3 is 2.38 bits per heavy atom. The van der Waals surface area contributed by atoms with Gasteiger partial charge in [0.05, 0.1) is 0 Å². The van der Waals surface area contributed by atoms with Crippen molar-refractivity contribution in [2.45, 2.75) is 19.3 Å². The maximum Gasteiger partial charge on any atom is 0.220 e.